The van der Waals surface area contributed by atoms with E-state index in [4.69, 9.17) is 16.1 Å². The zero-order valence-corrected chi connectivity index (χ0v) is 20.3. The fraction of sp³-hybridized carbons (Fsp3) is 0.520. The summed E-state index contributed by atoms with van der Waals surface area (Å²) in [4.78, 5) is 41.8. The number of pyridine rings is 1. The number of carbonyl (C=O) groups excluding carboxylic acids is 2. The first-order valence-electron chi connectivity index (χ1n) is 12.0. The van der Waals surface area contributed by atoms with Crippen LogP contribution in [0.2, 0.25) is 5.02 Å². The van der Waals surface area contributed by atoms with Crippen molar-refractivity contribution in [2.24, 2.45) is 5.92 Å². The minimum Gasteiger partial charge on any atom is -0.360 e. The Labute approximate surface area is 202 Å². The molecule has 2 unspecified atom stereocenters. The van der Waals surface area contributed by atoms with E-state index in [0.29, 0.717) is 54.3 Å². The second kappa shape index (κ2) is 9.06. The third kappa shape index (κ3) is 3.98. The molecule has 180 valence electrons. The van der Waals surface area contributed by atoms with Gasteiger partial charge < -0.3 is 18.9 Å². The van der Waals surface area contributed by atoms with Gasteiger partial charge in [0.25, 0.3) is 5.56 Å². The molecule has 1 aliphatic carbocycles. The highest BCUT2D eigenvalue weighted by Crippen LogP contribution is 2.38. The Bertz CT molecular complexity index is 1320. The first-order valence-corrected chi connectivity index (χ1v) is 12.3. The van der Waals surface area contributed by atoms with E-state index >= 15 is 0 Å². The number of halogens is 1. The van der Waals surface area contributed by atoms with E-state index in [0.717, 1.165) is 36.6 Å². The third-order valence-electron chi connectivity index (χ3n) is 7.44. The molecule has 2 aromatic heterocycles. The summed E-state index contributed by atoms with van der Waals surface area (Å²) in [5.74, 6) is 0.889. The Morgan fingerprint density at radius 3 is 2.59 bits per heavy atom. The maximum Gasteiger partial charge on any atom is 0.264 e. The number of rotatable bonds is 3. The monoisotopic (exact) mass is 484 g/mol. The molecule has 3 aromatic rings. The number of benzene rings is 1. The van der Waals surface area contributed by atoms with Gasteiger partial charge in [0.15, 0.2) is 0 Å². The van der Waals surface area contributed by atoms with Crippen molar-refractivity contribution in [1.29, 1.82) is 0 Å². The van der Waals surface area contributed by atoms with Gasteiger partial charge in [-0.05, 0) is 44.2 Å². The van der Waals surface area contributed by atoms with Crippen LogP contribution in [0.3, 0.4) is 0 Å². The van der Waals surface area contributed by atoms with E-state index in [9.17, 15) is 14.4 Å². The van der Waals surface area contributed by atoms with Crippen LogP contribution in [0.15, 0.2) is 27.5 Å². The van der Waals surface area contributed by atoms with E-state index in [1.807, 2.05) is 21.6 Å². The molecule has 9 heteroatoms. The Morgan fingerprint density at radius 1 is 1.12 bits per heavy atom. The van der Waals surface area contributed by atoms with Crippen LogP contribution in [0.1, 0.15) is 50.8 Å². The lowest BCUT2D eigenvalue weighted by atomic mass is 9.83. The molecule has 1 aliphatic heterocycles. The molecular formula is C25H29ClN4O4. The zero-order chi connectivity index (χ0) is 24.0. The number of hydrogen-bond acceptors (Lipinski definition) is 5. The average Bonchev–Trinajstić information content (AvgIpc) is 3.21. The summed E-state index contributed by atoms with van der Waals surface area (Å²) in [6.07, 6.45) is 4.03. The van der Waals surface area contributed by atoms with E-state index in [-0.39, 0.29) is 29.3 Å². The zero-order valence-electron chi connectivity index (χ0n) is 19.6. The smallest absolute Gasteiger partial charge is 0.264 e. The minimum absolute atomic E-state index is 0.0201. The van der Waals surface area contributed by atoms with Crippen molar-refractivity contribution in [2.45, 2.75) is 52.0 Å². The molecule has 0 radical (unpaired) electrons. The van der Waals surface area contributed by atoms with E-state index < -0.39 is 0 Å². The first-order chi connectivity index (χ1) is 16.3. The van der Waals surface area contributed by atoms with Crippen molar-refractivity contribution in [1.82, 2.24) is 19.5 Å². The normalized spacial score (nSPS) is 21.4. The van der Waals surface area contributed by atoms with Crippen molar-refractivity contribution in [3.63, 3.8) is 0 Å². The summed E-state index contributed by atoms with van der Waals surface area (Å²) in [5, 5.41) is 5.88. The topological polar surface area (TPSA) is 88.7 Å². The van der Waals surface area contributed by atoms with Gasteiger partial charge in [-0.2, -0.15) is 0 Å². The number of aryl methyl sites for hydroxylation is 1. The van der Waals surface area contributed by atoms with E-state index in [1.54, 1.807) is 24.8 Å². The summed E-state index contributed by atoms with van der Waals surface area (Å²) in [7, 11) is 0. The van der Waals surface area contributed by atoms with Gasteiger partial charge in [-0.1, -0.05) is 29.2 Å². The molecule has 5 rings (SSSR count). The molecule has 34 heavy (non-hydrogen) atoms. The van der Waals surface area contributed by atoms with Gasteiger partial charge in [0.1, 0.15) is 16.7 Å². The molecule has 2 aliphatic rings. The highest BCUT2D eigenvalue weighted by Gasteiger charge is 2.31. The minimum atomic E-state index is -0.110. The van der Waals surface area contributed by atoms with Crippen LogP contribution >= 0.6 is 11.6 Å². The summed E-state index contributed by atoms with van der Waals surface area (Å²) in [6.45, 7) is 5.67. The summed E-state index contributed by atoms with van der Waals surface area (Å²) >= 11 is 6.55. The average molecular weight is 485 g/mol. The number of fused-ring (bicyclic) bond motifs is 3. The molecule has 3 heterocycles. The van der Waals surface area contributed by atoms with E-state index in [1.165, 1.54) is 0 Å². The SMILES string of the molecule is CC(=O)N1CCN(C(=O)CC2CCCC(n3c(=O)c4c(C)onc4c4c(Cl)cccc43)C2)CC1. The largest absolute Gasteiger partial charge is 0.360 e. The van der Waals surface area contributed by atoms with Crippen LogP contribution in [0.25, 0.3) is 21.8 Å². The van der Waals surface area contributed by atoms with Gasteiger partial charge in [0.2, 0.25) is 11.8 Å². The van der Waals surface area contributed by atoms with Crippen LogP contribution in [-0.4, -0.2) is 57.5 Å². The maximum atomic E-state index is 13.6. The number of hydrogen-bond donors (Lipinski definition) is 0. The molecule has 0 N–H and O–H groups in total. The molecule has 2 fully saturated rings. The molecule has 1 saturated carbocycles. The highest BCUT2D eigenvalue weighted by molar-refractivity contribution is 6.37. The quantitative estimate of drug-likeness (QED) is 0.562. The predicted octanol–water partition coefficient (Wildman–Crippen LogP) is 3.92. The summed E-state index contributed by atoms with van der Waals surface area (Å²) < 4.78 is 7.22. The lowest BCUT2D eigenvalue weighted by molar-refractivity contribution is -0.139. The second-order valence-corrected chi connectivity index (χ2v) is 9.96. The Balaban J connectivity index is 1.40. The third-order valence-corrected chi connectivity index (χ3v) is 7.76. The number of aromatic nitrogens is 2. The van der Waals surface area contributed by atoms with Crippen LogP contribution in [0.5, 0.6) is 0 Å². The number of carbonyl (C=O) groups is 2. The van der Waals surface area contributed by atoms with Crippen molar-refractivity contribution < 1.29 is 14.1 Å². The molecule has 0 bridgehead atoms. The van der Waals surface area contributed by atoms with Crippen molar-refractivity contribution in [3.05, 3.63) is 39.3 Å². The van der Waals surface area contributed by atoms with Gasteiger partial charge in [0, 0.05) is 51.0 Å². The van der Waals surface area contributed by atoms with Crippen molar-refractivity contribution in [3.8, 4) is 0 Å². The summed E-state index contributed by atoms with van der Waals surface area (Å²) in [6, 6.07) is 5.54. The lowest BCUT2D eigenvalue weighted by Gasteiger charge is -2.36. The standard InChI is InChI=1S/C25H29ClN4O4/c1-15-22-24(27-34-15)23-19(26)7-4-8-20(23)30(25(22)33)18-6-3-5-17(13-18)14-21(32)29-11-9-28(10-12-29)16(2)31/h4,7-8,17-18H,3,5-6,9-14H2,1-2H3. The number of piperazine rings is 1. The van der Waals surface area contributed by atoms with E-state index in [2.05, 4.69) is 5.16 Å². The van der Waals surface area contributed by atoms with Crippen molar-refractivity contribution >= 4 is 45.2 Å². The molecule has 1 saturated heterocycles. The van der Waals surface area contributed by atoms with Crippen LogP contribution in [0, 0.1) is 12.8 Å². The Hall–Kier alpha value is -2.87. The first kappa shape index (κ1) is 22.9. The predicted molar refractivity (Wildman–Crippen MR) is 130 cm³/mol. The highest BCUT2D eigenvalue weighted by atomic mass is 35.5. The molecule has 2 atom stereocenters. The van der Waals surface area contributed by atoms with Crippen LogP contribution in [0.4, 0.5) is 0 Å². The Morgan fingerprint density at radius 2 is 1.85 bits per heavy atom. The van der Waals surface area contributed by atoms with Gasteiger partial charge in [-0.25, -0.2) is 0 Å². The number of amides is 2. The van der Waals surface area contributed by atoms with Gasteiger partial charge in [-0.3, -0.25) is 14.4 Å². The van der Waals surface area contributed by atoms with Crippen LogP contribution in [-0.2, 0) is 9.59 Å². The maximum absolute atomic E-state index is 13.6. The molecule has 0 spiro atoms. The Kier molecular flexibility index (Phi) is 6.10. The lowest BCUT2D eigenvalue weighted by Crippen LogP contribution is -2.50. The fourth-order valence-electron chi connectivity index (χ4n) is 5.66. The van der Waals surface area contributed by atoms with Gasteiger partial charge >= 0.3 is 0 Å². The van der Waals surface area contributed by atoms with Crippen LogP contribution < -0.4 is 5.56 Å². The number of nitrogens with zero attached hydrogens (tertiary/aromatic N) is 4. The second-order valence-electron chi connectivity index (χ2n) is 9.55. The van der Waals surface area contributed by atoms with Gasteiger partial charge in [0.05, 0.1) is 10.5 Å². The van der Waals surface area contributed by atoms with Crippen molar-refractivity contribution in [2.75, 3.05) is 26.2 Å². The summed E-state index contributed by atoms with van der Waals surface area (Å²) in [5.41, 5.74) is 1.16. The van der Waals surface area contributed by atoms with Gasteiger partial charge in [-0.15, -0.1) is 0 Å². The fourth-order valence-corrected chi connectivity index (χ4v) is 5.92. The molecular weight excluding hydrogens is 456 g/mol. The molecule has 1 aromatic carbocycles. The molecule has 2 amide bonds. The molecule has 8 nitrogen and oxygen atoms in total.